The number of anilines is 1. The van der Waals surface area contributed by atoms with Gasteiger partial charge in [-0.15, -0.1) is 0 Å². The van der Waals surface area contributed by atoms with E-state index in [0.717, 1.165) is 5.56 Å². The van der Waals surface area contributed by atoms with Crippen molar-refractivity contribution in [2.75, 3.05) is 52.5 Å². The number of rotatable bonds is 11. The number of hydrogen-bond donors (Lipinski definition) is 1. The summed E-state index contributed by atoms with van der Waals surface area (Å²) in [6.07, 6.45) is 0. The van der Waals surface area contributed by atoms with E-state index in [0.29, 0.717) is 57.0 Å². The van der Waals surface area contributed by atoms with Crippen LogP contribution < -0.4 is 5.73 Å². The summed E-state index contributed by atoms with van der Waals surface area (Å²) in [5, 5.41) is 0.623. The highest BCUT2D eigenvalue weighted by molar-refractivity contribution is 6.31. The molecule has 2 N–H and O–H groups in total. The summed E-state index contributed by atoms with van der Waals surface area (Å²) >= 11 is 6.03. The molecule has 5 nitrogen and oxygen atoms in total. The van der Waals surface area contributed by atoms with Gasteiger partial charge in [0.1, 0.15) is 0 Å². The van der Waals surface area contributed by atoms with Gasteiger partial charge in [0.15, 0.2) is 0 Å². The zero-order chi connectivity index (χ0) is 14.6. The molecule has 1 aromatic carbocycles. The monoisotopic (exact) mass is 303 g/mol. The molecule has 0 unspecified atom stereocenters. The molecule has 0 bridgehead atoms. The molecule has 1 rings (SSSR count). The summed E-state index contributed by atoms with van der Waals surface area (Å²) < 4.78 is 20.9. The molecule has 0 amide bonds. The van der Waals surface area contributed by atoms with Gasteiger partial charge in [0, 0.05) is 17.8 Å². The van der Waals surface area contributed by atoms with Crippen molar-refractivity contribution in [2.45, 2.75) is 6.61 Å². The van der Waals surface area contributed by atoms with Gasteiger partial charge in [0.25, 0.3) is 0 Å². The van der Waals surface area contributed by atoms with Crippen LogP contribution in [0.3, 0.4) is 0 Å². The molecule has 0 spiro atoms. The van der Waals surface area contributed by atoms with E-state index in [-0.39, 0.29) is 0 Å². The van der Waals surface area contributed by atoms with E-state index in [1.807, 2.05) is 6.07 Å². The standard InChI is InChI=1S/C14H22ClNO4/c1-17-4-5-18-6-7-19-8-9-20-11-12-2-3-13(16)10-14(12)15/h2-3,10H,4-9,11,16H2,1H3. The Labute approximate surface area is 124 Å². The molecule has 0 atom stereocenters. The number of halogens is 1. The summed E-state index contributed by atoms with van der Waals surface area (Å²) in [6.45, 7) is 3.80. The van der Waals surface area contributed by atoms with Gasteiger partial charge in [-0.3, -0.25) is 0 Å². The minimum atomic E-state index is 0.451. The number of benzene rings is 1. The summed E-state index contributed by atoms with van der Waals surface area (Å²) in [7, 11) is 1.64. The van der Waals surface area contributed by atoms with Gasteiger partial charge in [-0.25, -0.2) is 0 Å². The largest absolute Gasteiger partial charge is 0.399 e. The number of nitrogens with two attached hydrogens (primary N) is 1. The summed E-state index contributed by atoms with van der Waals surface area (Å²) in [5.41, 5.74) is 7.18. The van der Waals surface area contributed by atoms with Crippen molar-refractivity contribution in [1.29, 1.82) is 0 Å². The molecular weight excluding hydrogens is 282 g/mol. The van der Waals surface area contributed by atoms with Crippen molar-refractivity contribution in [1.82, 2.24) is 0 Å². The van der Waals surface area contributed by atoms with E-state index in [1.165, 1.54) is 0 Å². The Morgan fingerprint density at radius 1 is 0.950 bits per heavy atom. The third-order valence-electron chi connectivity index (χ3n) is 2.51. The highest BCUT2D eigenvalue weighted by Gasteiger charge is 2.00. The fourth-order valence-corrected chi connectivity index (χ4v) is 1.69. The minimum Gasteiger partial charge on any atom is -0.399 e. The molecule has 0 saturated heterocycles. The lowest BCUT2D eigenvalue weighted by molar-refractivity contribution is 0.000879. The van der Waals surface area contributed by atoms with Gasteiger partial charge >= 0.3 is 0 Å². The number of methoxy groups -OCH3 is 1. The van der Waals surface area contributed by atoms with E-state index >= 15 is 0 Å². The van der Waals surface area contributed by atoms with Gasteiger partial charge in [-0.2, -0.15) is 0 Å². The molecule has 0 aliphatic carbocycles. The lowest BCUT2D eigenvalue weighted by Crippen LogP contribution is -2.11. The maximum Gasteiger partial charge on any atom is 0.0732 e. The van der Waals surface area contributed by atoms with E-state index in [2.05, 4.69) is 0 Å². The summed E-state index contributed by atoms with van der Waals surface area (Å²) in [6, 6.07) is 5.38. The second-order valence-electron chi connectivity index (χ2n) is 4.12. The molecule has 114 valence electrons. The predicted molar refractivity (Wildman–Crippen MR) is 79.0 cm³/mol. The molecular formula is C14H22ClNO4. The third kappa shape index (κ3) is 7.67. The SMILES string of the molecule is COCCOCCOCCOCc1ccc(N)cc1Cl. The first-order valence-electron chi connectivity index (χ1n) is 6.50. The van der Waals surface area contributed by atoms with Crippen molar-refractivity contribution in [3.05, 3.63) is 28.8 Å². The normalized spacial score (nSPS) is 10.9. The second kappa shape index (κ2) is 10.9. The Morgan fingerprint density at radius 3 is 2.15 bits per heavy atom. The zero-order valence-electron chi connectivity index (χ0n) is 11.8. The molecule has 0 saturated carbocycles. The van der Waals surface area contributed by atoms with Crippen LogP contribution in [-0.4, -0.2) is 46.8 Å². The molecule has 0 fully saturated rings. The van der Waals surface area contributed by atoms with Gasteiger partial charge in [-0.05, 0) is 17.7 Å². The van der Waals surface area contributed by atoms with Gasteiger partial charge < -0.3 is 24.7 Å². The highest BCUT2D eigenvalue weighted by Crippen LogP contribution is 2.19. The van der Waals surface area contributed by atoms with Crippen LogP contribution >= 0.6 is 11.6 Å². The van der Waals surface area contributed by atoms with Crippen LogP contribution in [0.4, 0.5) is 5.69 Å². The fraction of sp³-hybridized carbons (Fsp3) is 0.571. The first-order chi connectivity index (χ1) is 9.74. The zero-order valence-corrected chi connectivity index (χ0v) is 12.5. The highest BCUT2D eigenvalue weighted by atomic mass is 35.5. The molecule has 0 radical (unpaired) electrons. The molecule has 0 aliphatic heterocycles. The van der Waals surface area contributed by atoms with E-state index < -0.39 is 0 Å². The Hall–Kier alpha value is -0.850. The van der Waals surface area contributed by atoms with Crippen LogP contribution in [0.1, 0.15) is 5.56 Å². The van der Waals surface area contributed by atoms with Gasteiger partial charge in [0.2, 0.25) is 0 Å². The quantitative estimate of drug-likeness (QED) is 0.501. The van der Waals surface area contributed by atoms with Crippen LogP contribution in [0, 0.1) is 0 Å². The molecule has 6 heteroatoms. The van der Waals surface area contributed by atoms with E-state index in [4.69, 9.17) is 36.3 Å². The maximum atomic E-state index is 6.03. The lowest BCUT2D eigenvalue weighted by atomic mass is 10.2. The average molecular weight is 304 g/mol. The van der Waals surface area contributed by atoms with Gasteiger partial charge in [0.05, 0.1) is 46.2 Å². The summed E-state index contributed by atoms with van der Waals surface area (Å²) in [4.78, 5) is 0. The number of hydrogen-bond acceptors (Lipinski definition) is 5. The van der Waals surface area contributed by atoms with E-state index in [1.54, 1.807) is 19.2 Å². The molecule has 0 heterocycles. The van der Waals surface area contributed by atoms with Gasteiger partial charge in [-0.1, -0.05) is 17.7 Å². The first kappa shape index (κ1) is 17.2. The van der Waals surface area contributed by atoms with Crippen LogP contribution in [0.25, 0.3) is 0 Å². The summed E-state index contributed by atoms with van der Waals surface area (Å²) in [5.74, 6) is 0. The van der Waals surface area contributed by atoms with E-state index in [9.17, 15) is 0 Å². The first-order valence-corrected chi connectivity index (χ1v) is 6.88. The molecule has 20 heavy (non-hydrogen) atoms. The van der Waals surface area contributed by atoms with Crippen molar-refractivity contribution in [3.8, 4) is 0 Å². The Morgan fingerprint density at radius 2 is 1.55 bits per heavy atom. The van der Waals surface area contributed by atoms with Crippen molar-refractivity contribution < 1.29 is 18.9 Å². The number of ether oxygens (including phenoxy) is 4. The smallest absolute Gasteiger partial charge is 0.0732 e. The molecule has 1 aromatic rings. The number of nitrogen functional groups attached to an aromatic ring is 1. The average Bonchev–Trinajstić information content (AvgIpc) is 2.43. The van der Waals surface area contributed by atoms with Crippen molar-refractivity contribution >= 4 is 17.3 Å². The Kier molecular flexibility index (Phi) is 9.36. The molecule has 0 aliphatic rings. The predicted octanol–water partition coefficient (Wildman–Crippen LogP) is 2.12. The second-order valence-corrected chi connectivity index (χ2v) is 4.53. The molecule has 0 aromatic heterocycles. The van der Waals surface area contributed by atoms with Crippen LogP contribution in [0.5, 0.6) is 0 Å². The lowest BCUT2D eigenvalue weighted by Gasteiger charge is -2.08. The third-order valence-corrected chi connectivity index (χ3v) is 2.86. The van der Waals surface area contributed by atoms with Crippen molar-refractivity contribution in [3.63, 3.8) is 0 Å². The topological polar surface area (TPSA) is 62.9 Å². The fourth-order valence-electron chi connectivity index (χ4n) is 1.44. The van der Waals surface area contributed by atoms with Crippen LogP contribution in [0.2, 0.25) is 5.02 Å². The van der Waals surface area contributed by atoms with Crippen LogP contribution in [-0.2, 0) is 25.6 Å². The Bertz CT molecular complexity index is 376. The minimum absolute atomic E-state index is 0.451. The van der Waals surface area contributed by atoms with Crippen LogP contribution in [0.15, 0.2) is 18.2 Å². The Balaban J connectivity index is 1.97. The van der Waals surface area contributed by atoms with Crippen molar-refractivity contribution in [2.24, 2.45) is 0 Å². The maximum absolute atomic E-state index is 6.03.